The van der Waals surface area contributed by atoms with Gasteiger partial charge >= 0.3 is 0 Å². The average Bonchev–Trinajstić information content (AvgIpc) is 2.86. The summed E-state index contributed by atoms with van der Waals surface area (Å²) in [6, 6.07) is 0. The van der Waals surface area contributed by atoms with Crippen molar-refractivity contribution >= 4 is 0 Å². The van der Waals surface area contributed by atoms with Gasteiger partial charge in [0, 0.05) is 20.3 Å². The molecule has 2 heterocycles. The summed E-state index contributed by atoms with van der Waals surface area (Å²) in [5.74, 6) is 1.09. The Balaban J connectivity index is 0.000000196. The molecule has 35 heavy (non-hydrogen) atoms. The first kappa shape index (κ1) is 29.3. The van der Waals surface area contributed by atoms with Crippen molar-refractivity contribution in [1.82, 2.24) is 0 Å². The van der Waals surface area contributed by atoms with Crippen LogP contribution in [0.2, 0.25) is 0 Å². The Hall–Kier alpha value is -0.240. The van der Waals surface area contributed by atoms with Gasteiger partial charge in [-0.1, -0.05) is 0 Å². The SMILES string of the molecule is CC(C)(O)C1CCC(OC2CCCCO2)CC1.COC(C)(C)C1CCC(OC2CCCCO2)CC1. The number of hydrogen-bond donors (Lipinski definition) is 1. The van der Waals surface area contributed by atoms with Crippen LogP contribution in [-0.2, 0) is 23.7 Å². The van der Waals surface area contributed by atoms with Crippen LogP contribution in [0.3, 0.4) is 0 Å². The van der Waals surface area contributed by atoms with Gasteiger partial charge in [-0.3, -0.25) is 0 Å². The molecule has 2 atom stereocenters. The monoisotopic (exact) mass is 498 g/mol. The van der Waals surface area contributed by atoms with Crippen LogP contribution in [-0.4, -0.2) is 61.4 Å². The molecule has 6 nitrogen and oxygen atoms in total. The quantitative estimate of drug-likeness (QED) is 0.440. The van der Waals surface area contributed by atoms with Gasteiger partial charge in [-0.2, -0.15) is 0 Å². The molecule has 0 aromatic carbocycles. The highest BCUT2D eigenvalue weighted by atomic mass is 16.7. The first-order valence-electron chi connectivity index (χ1n) is 14.5. The summed E-state index contributed by atoms with van der Waals surface area (Å²) in [6.45, 7) is 9.96. The molecule has 2 saturated carbocycles. The van der Waals surface area contributed by atoms with E-state index in [2.05, 4.69) is 13.8 Å². The zero-order valence-corrected chi connectivity index (χ0v) is 23.3. The zero-order chi connectivity index (χ0) is 25.3. The van der Waals surface area contributed by atoms with E-state index in [1.165, 1.54) is 38.5 Å². The highest BCUT2D eigenvalue weighted by Gasteiger charge is 2.35. The van der Waals surface area contributed by atoms with E-state index in [4.69, 9.17) is 23.7 Å². The first-order chi connectivity index (χ1) is 16.7. The minimum atomic E-state index is -0.535. The number of methoxy groups -OCH3 is 1. The lowest BCUT2D eigenvalue weighted by molar-refractivity contribution is -0.197. The normalized spacial score (nSPS) is 35.1. The van der Waals surface area contributed by atoms with E-state index in [1.807, 2.05) is 21.0 Å². The topological polar surface area (TPSA) is 66.4 Å². The predicted octanol–water partition coefficient (Wildman–Crippen LogP) is 6.37. The van der Waals surface area contributed by atoms with Gasteiger partial charge < -0.3 is 28.8 Å². The molecule has 206 valence electrons. The molecule has 6 heteroatoms. The smallest absolute Gasteiger partial charge is 0.157 e. The Morgan fingerprint density at radius 2 is 1.03 bits per heavy atom. The van der Waals surface area contributed by atoms with Gasteiger partial charge in [0.1, 0.15) is 0 Å². The molecule has 4 aliphatic rings. The Morgan fingerprint density at radius 3 is 1.37 bits per heavy atom. The molecule has 0 aromatic heterocycles. The second-order valence-electron chi connectivity index (χ2n) is 12.3. The van der Waals surface area contributed by atoms with E-state index in [-0.39, 0.29) is 18.2 Å². The lowest BCUT2D eigenvalue weighted by Crippen LogP contribution is -2.38. The summed E-state index contributed by atoms with van der Waals surface area (Å²) in [7, 11) is 1.82. The highest BCUT2D eigenvalue weighted by molar-refractivity contribution is 4.85. The minimum absolute atomic E-state index is 0.00626. The Kier molecular flexibility index (Phi) is 11.8. The number of hydrogen-bond acceptors (Lipinski definition) is 6. The first-order valence-corrected chi connectivity index (χ1v) is 14.5. The second-order valence-corrected chi connectivity index (χ2v) is 12.3. The fourth-order valence-electron chi connectivity index (χ4n) is 6.03. The molecule has 2 aliphatic heterocycles. The zero-order valence-electron chi connectivity index (χ0n) is 23.3. The van der Waals surface area contributed by atoms with Gasteiger partial charge in [-0.15, -0.1) is 0 Å². The summed E-state index contributed by atoms with van der Waals surface area (Å²) >= 11 is 0. The van der Waals surface area contributed by atoms with Crippen molar-refractivity contribution < 1.29 is 28.8 Å². The molecule has 2 aliphatic carbocycles. The molecular formula is C29H54O6. The summed E-state index contributed by atoms with van der Waals surface area (Å²) in [5.41, 5.74) is -0.529. The Bertz CT molecular complexity index is 560. The number of ether oxygens (including phenoxy) is 5. The van der Waals surface area contributed by atoms with Crippen LogP contribution in [0.25, 0.3) is 0 Å². The van der Waals surface area contributed by atoms with E-state index in [9.17, 15) is 5.11 Å². The van der Waals surface area contributed by atoms with Crippen molar-refractivity contribution in [3.05, 3.63) is 0 Å². The van der Waals surface area contributed by atoms with Crippen molar-refractivity contribution in [3.8, 4) is 0 Å². The maximum absolute atomic E-state index is 9.98. The Labute approximate surface area is 214 Å². The molecule has 0 aromatic rings. The Morgan fingerprint density at radius 1 is 0.600 bits per heavy atom. The molecular weight excluding hydrogens is 444 g/mol. The van der Waals surface area contributed by atoms with Gasteiger partial charge in [0.2, 0.25) is 0 Å². The molecule has 1 N–H and O–H groups in total. The second kappa shape index (κ2) is 14.1. The van der Waals surface area contributed by atoms with E-state index in [0.717, 1.165) is 64.6 Å². The van der Waals surface area contributed by atoms with Crippen molar-refractivity contribution in [3.63, 3.8) is 0 Å². The molecule has 0 amide bonds. The van der Waals surface area contributed by atoms with Crippen LogP contribution in [0.4, 0.5) is 0 Å². The van der Waals surface area contributed by atoms with Gasteiger partial charge in [0.25, 0.3) is 0 Å². The number of rotatable bonds is 7. The van der Waals surface area contributed by atoms with Gasteiger partial charge in [0.05, 0.1) is 23.4 Å². The van der Waals surface area contributed by atoms with Crippen molar-refractivity contribution in [1.29, 1.82) is 0 Å². The summed E-state index contributed by atoms with van der Waals surface area (Å²) in [5, 5.41) is 9.98. The summed E-state index contributed by atoms with van der Waals surface area (Å²) in [4.78, 5) is 0. The van der Waals surface area contributed by atoms with Crippen molar-refractivity contribution in [2.45, 2.75) is 154 Å². The molecule has 0 spiro atoms. The fourth-order valence-corrected chi connectivity index (χ4v) is 6.03. The largest absolute Gasteiger partial charge is 0.390 e. The summed E-state index contributed by atoms with van der Waals surface area (Å²) in [6.07, 6.45) is 16.8. The third kappa shape index (κ3) is 9.86. The van der Waals surface area contributed by atoms with Crippen LogP contribution in [0.1, 0.15) is 118 Å². The maximum atomic E-state index is 9.98. The van der Waals surface area contributed by atoms with Crippen LogP contribution in [0.15, 0.2) is 0 Å². The molecule has 0 bridgehead atoms. The minimum Gasteiger partial charge on any atom is -0.390 e. The molecule has 2 saturated heterocycles. The van der Waals surface area contributed by atoms with E-state index in [1.54, 1.807) is 0 Å². The van der Waals surface area contributed by atoms with Crippen molar-refractivity contribution in [2.75, 3.05) is 20.3 Å². The molecule has 0 radical (unpaired) electrons. The third-order valence-corrected chi connectivity index (χ3v) is 8.82. The van der Waals surface area contributed by atoms with Gasteiger partial charge in [0.15, 0.2) is 12.6 Å². The number of aliphatic hydroxyl groups is 1. The lowest BCUT2D eigenvalue weighted by atomic mass is 9.78. The van der Waals surface area contributed by atoms with Crippen LogP contribution < -0.4 is 0 Å². The standard InChI is InChI=1S/C15H28O3.C14H26O3/c1-15(2,16-3)12-7-9-13(10-8-12)18-14-6-4-5-11-17-14;1-14(2,15)11-6-8-12(9-7-11)17-13-5-3-4-10-16-13/h12-14H,4-11H2,1-3H3;11-13,15H,3-10H2,1-2H3. The van der Waals surface area contributed by atoms with E-state index < -0.39 is 5.60 Å². The van der Waals surface area contributed by atoms with Gasteiger partial charge in [-0.05, 0) is 129 Å². The molecule has 4 fully saturated rings. The molecule has 4 rings (SSSR count). The maximum Gasteiger partial charge on any atom is 0.157 e. The van der Waals surface area contributed by atoms with Crippen LogP contribution in [0.5, 0.6) is 0 Å². The third-order valence-electron chi connectivity index (χ3n) is 8.82. The fraction of sp³-hybridized carbons (Fsp3) is 1.00. The predicted molar refractivity (Wildman–Crippen MR) is 138 cm³/mol. The highest BCUT2D eigenvalue weighted by Crippen LogP contribution is 2.36. The lowest BCUT2D eigenvalue weighted by Gasteiger charge is -2.39. The van der Waals surface area contributed by atoms with E-state index >= 15 is 0 Å². The van der Waals surface area contributed by atoms with Crippen LogP contribution in [0, 0.1) is 11.8 Å². The average molecular weight is 499 g/mol. The van der Waals surface area contributed by atoms with Crippen molar-refractivity contribution in [2.24, 2.45) is 11.8 Å². The van der Waals surface area contributed by atoms with Gasteiger partial charge in [-0.25, -0.2) is 0 Å². The van der Waals surface area contributed by atoms with Crippen LogP contribution >= 0.6 is 0 Å². The molecule has 2 unspecified atom stereocenters. The van der Waals surface area contributed by atoms with E-state index in [0.29, 0.717) is 24.0 Å². The summed E-state index contributed by atoms with van der Waals surface area (Å²) < 4.78 is 28.9.